The van der Waals surface area contributed by atoms with Gasteiger partial charge in [-0.15, -0.1) is 0 Å². The van der Waals surface area contributed by atoms with Gasteiger partial charge >= 0.3 is 22.1 Å². The molecule has 3 rings (SSSR count). The maximum atomic E-state index is 12.6. The van der Waals surface area contributed by atoms with E-state index in [2.05, 4.69) is 10.6 Å². The Bertz CT molecular complexity index is 1250. The van der Waals surface area contributed by atoms with E-state index in [0.717, 1.165) is 18.2 Å². The Morgan fingerprint density at radius 1 is 0.812 bits per heavy atom. The molecule has 9 heteroatoms. The fraction of sp³-hybridized carbons (Fsp3) is 0.130. The molecule has 0 unspecified atom stereocenters. The molecule has 0 aliphatic heterocycles. The Morgan fingerprint density at radius 2 is 1.47 bits per heavy atom. The Kier molecular flexibility index (Phi) is 6.79. The number of methoxy groups -OCH3 is 1. The standard InChI is InChI=1S/C23H22N2O6S/c1-15-7-10-19(11-8-15)32(28,29)31-21-12-9-18(14-20(21)22(26)30-3)25-23(27)24-17-6-4-5-16(2)13-17/h4-14H,1-3H3,(H2,24,25,27). The van der Waals surface area contributed by atoms with Crippen molar-refractivity contribution in [1.29, 1.82) is 0 Å². The van der Waals surface area contributed by atoms with Crippen molar-refractivity contribution in [3.63, 3.8) is 0 Å². The minimum absolute atomic E-state index is 0.0568. The van der Waals surface area contributed by atoms with Gasteiger partial charge in [-0.25, -0.2) is 9.59 Å². The lowest BCUT2D eigenvalue weighted by molar-refractivity contribution is 0.0599. The first-order valence-electron chi connectivity index (χ1n) is 9.56. The van der Waals surface area contributed by atoms with Gasteiger partial charge in [-0.05, 0) is 61.9 Å². The van der Waals surface area contributed by atoms with Crippen molar-refractivity contribution >= 4 is 33.5 Å². The van der Waals surface area contributed by atoms with Crippen LogP contribution in [-0.2, 0) is 14.9 Å². The third-order valence-electron chi connectivity index (χ3n) is 4.43. The Morgan fingerprint density at radius 3 is 2.09 bits per heavy atom. The summed E-state index contributed by atoms with van der Waals surface area (Å²) in [6.07, 6.45) is 0. The molecule has 0 aliphatic carbocycles. The molecule has 32 heavy (non-hydrogen) atoms. The lowest BCUT2D eigenvalue weighted by atomic mass is 10.2. The molecule has 0 radical (unpaired) electrons. The minimum Gasteiger partial charge on any atom is -0.465 e. The number of esters is 1. The molecule has 0 heterocycles. The fourth-order valence-corrected chi connectivity index (χ4v) is 3.78. The van der Waals surface area contributed by atoms with E-state index >= 15 is 0 Å². The van der Waals surface area contributed by atoms with Crippen LogP contribution >= 0.6 is 0 Å². The van der Waals surface area contributed by atoms with Crippen LogP contribution in [0.2, 0.25) is 0 Å². The average molecular weight is 455 g/mol. The van der Waals surface area contributed by atoms with Crippen molar-refractivity contribution in [3.8, 4) is 5.75 Å². The molecular formula is C23H22N2O6S. The summed E-state index contributed by atoms with van der Waals surface area (Å²) >= 11 is 0. The number of carbonyl (C=O) groups is 2. The number of urea groups is 1. The van der Waals surface area contributed by atoms with Crippen LogP contribution in [0.3, 0.4) is 0 Å². The highest BCUT2D eigenvalue weighted by Crippen LogP contribution is 2.27. The van der Waals surface area contributed by atoms with Gasteiger partial charge in [-0.2, -0.15) is 8.42 Å². The van der Waals surface area contributed by atoms with Gasteiger partial charge in [0.15, 0.2) is 5.75 Å². The Balaban J connectivity index is 1.83. The first-order chi connectivity index (χ1) is 15.2. The molecule has 0 saturated heterocycles. The monoisotopic (exact) mass is 454 g/mol. The number of carbonyl (C=O) groups excluding carboxylic acids is 2. The molecule has 0 spiro atoms. The largest absolute Gasteiger partial charge is 0.465 e. The van der Waals surface area contributed by atoms with E-state index in [9.17, 15) is 18.0 Å². The van der Waals surface area contributed by atoms with Gasteiger partial charge in [-0.1, -0.05) is 29.8 Å². The van der Waals surface area contributed by atoms with Crippen molar-refractivity contribution in [2.45, 2.75) is 18.7 Å². The van der Waals surface area contributed by atoms with Gasteiger partial charge in [-0.3, -0.25) is 0 Å². The molecule has 8 nitrogen and oxygen atoms in total. The van der Waals surface area contributed by atoms with Crippen molar-refractivity contribution in [1.82, 2.24) is 0 Å². The van der Waals surface area contributed by atoms with Crippen molar-refractivity contribution in [2.24, 2.45) is 0 Å². The van der Waals surface area contributed by atoms with Crippen molar-refractivity contribution in [3.05, 3.63) is 83.4 Å². The van der Waals surface area contributed by atoms with Crippen LogP contribution in [0.1, 0.15) is 21.5 Å². The maximum Gasteiger partial charge on any atom is 0.341 e. The van der Waals surface area contributed by atoms with E-state index in [1.54, 1.807) is 30.3 Å². The fourth-order valence-electron chi connectivity index (χ4n) is 2.84. The highest BCUT2D eigenvalue weighted by molar-refractivity contribution is 7.87. The Hall–Kier alpha value is -3.85. The second-order valence-corrected chi connectivity index (χ2v) is 8.55. The minimum atomic E-state index is -4.18. The number of hydrogen-bond acceptors (Lipinski definition) is 6. The summed E-state index contributed by atoms with van der Waals surface area (Å²) in [6, 6.07) is 16.8. The van der Waals surface area contributed by atoms with E-state index < -0.39 is 22.1 Å². The van der Waals surface area contributed by atoms with Crippen molar-refractivity contribution < 1.29 is 26.9 Å². The van der Waals surface area contributed by atoms with Gasteiger partial charge in [0.05, 0.1) is 7.11 Å². The second kappa shape index (κ2) is 9.52. The molecular weight excluding hydrogens is 432 g/mol. The smallest absolute Gasteiger partial charge is 0.341 e. The lowest BCUT2D eigenvalue weighted by Crippen LogP contribution is -2.20. The first-order valence-corrected chi connectivity index (χ1v) is 11.0. The lowest BCUT2D eigenvalue weighted by Gasteiger charge is -2.13. The topological polar surface area (TPSA) is 111 Å². The van der Waals surface area contributed by atoms with Gasteiger partial charge in [0, 0.05) is 11.4 Å². The summed E-state index contributed by atoms with van der Waals surface area (Å²) in [5.74, 6) is -1.04. The molecule has 0 aliphatic rings. The summed E-state index contributed by atoms with van der Waals surface area (Å²) in [5, 5.41) is 5.27. The van der Waals surface area contributed by atoms with E-state index in [4.69, 9.17) is 8.92 Å². The summed E-state index contributed by atoms with van der Waals surface area (Å²) in [7, 11) is -3.02. The number of hydrogen-bond donors (Lipinski definition) is 2. The maximum absolute atomic E-state index is 12.6. The molecule has 3 aromatic rings. The van der Waals surface area contributed by atoms with Crippen LogP contribution in [-0.4, -0.2) is 27.5 Å². The van der Waals surface area contributed by atoms with Gasteiger partial charge in [0.1, 0.15) is 10.5 Å². The van der Waals surface area contributed by atoms with E-state index in [0.29, 0.717) is 5.69 Å². The van der Waals surface area contributed by atoms with Gasteiger partial charge in [0.2, 0.25) is 0 Å². The van der Waals surface area contributed by atoms with E-state index in [1.807, 2.05) is 19.9 Å². The van der Waals surface area contributed by atoms with Crippen molar-refractivity contribution in [2.75, 3.05) is 17.7 Å². The number of ether oxygens (including phenoxy) is 1. The molecule has 0 fully saturated rings. The zero-order valence-electron chi connectivity index (χ0n) is 17.7. The average Bonchev–Trinajstić information content (AvgIpc) is 2.74. The number of amides is 2. The first kappa shape index (κ1) is 22.8. The van der Waals surface area contributed by atoms with E-state index in [1.165, 1.54) is 30.3 Å². The molecule has 2 amide bonds. The highest BCUT2D eigenvalue weighted by atomic mass is 32.2. The number of aryl methyl sites for hydroxylation is 2. The summed E-state index contributed by atoms with van der Waals surface area (Å²) < 4.78 is 35.2. The zero-order chi connectivity index (χ0) is 23.3. The normalized spacial score (nSPS) is 10.8. The van der Waals surface area contributed by atoms with Crippen LogP contribution in [0.15, 0.2) is 71.6 Å². The number of anilines is 2. The number of rotatable bonds is 6. The highest BCUT2D eigenvalue weighted by Gasteiger charge is 2.22. The quantitative estimate of drug-likeness (QED) is 0.419. The molecule has 0 bridgehead atoms. The second-order valence-electron chi connectivity index (χ2n) is 7.00. The van der Waals surface area contributed by atoms with Crippen LogP contribution in [0, 0.1) is 13.8 Å². The predicted octanol–water partition coefficient (Wildman–Crippen LogP) is 4.50. The molecule has 0 saturated carbocycles. The molecule has 166 valence electrons. The van der Waals surface area contributed by atoms with Gasteiger partial charge < -0.3 is 19.6 Å². The molecule has 0 aromatic heterocycles. The molecule has 3 aromatic carbocycles. The Labute approximate surface area is 186 Å². The summed E-state index contributed by atoms with van der Waals surface area (Å²) in [6.45, 7) is 3.72. The third-order valence-corrected chi connectivity index (χ3v) is 5.68. The summed E-state index contributed by atoms with van der Waals surface area (Å²) in [5.41, 5.74) is 2.55. The predicted molar refractivity (Wildman–Crippen MR) is 121 cm³/mol. The third kappa shape index (κ3) is 5.64. The van der Waals surface area contributed by atoms with Gasteiger partial charge in [0.25, 0.3) is 0 Å². The van der Waals surface area contributed by atoms with Crippen LogP contribution < -0.4 is 14.8 Å². The number of benzene rings is 3. The molecule has 2 N–H and O–H groups in total. The molecule has 0 atom stereocenters. The zero-order valence-corrected chi connectivity index (χ0v) is 18.5. The van der Waals surface area contributed by atoms with Crippen LogP contribution in [0.5, 0.6) is 5.75 Å². The van der Waals surface area contributed by atoms with E-state index in [-0.39, 0.29) is 21.9 Å². The number of nitrogens with one attached hydrogen (secondary N) is 2. The van der Waals surface area contributed by atoms with Crippen LogP contribution in [0.4, 0.5) is 16.2 Å². The van der Waals surface area contributed by atoms with Crippen LogP contribution in [0.25, 0.3) is 0 Å². The summed E-state index contributed by atoms with van der Waals surface area (Å²) in [4.78, 5) is 24.5. The SMILES string of the molecule is COC(=O)c1cc(NC(=O)Nc2cccc(C)c2)ccc1OS(=O)(=O)c1ccc(C)cc1.